The molecule has 5 nitrogen and oxygen atoms in total. The summed E-state index contributed by atoms with van der Waals surface area (Å²) in [6.07, 6.45) is 0. The first-order valence-corrected chi connectivity index (χ1v) is 6.94. The molecule has 0 fully saturated rings. The van der Waals surface area contributed by atoms with Gasteiger partial charge in [0.25, 0.3) is 0 Å². The van der Waals surface area contributed by atoms with E-state index < -0.39 is 11.9 Å². The minimum absolute atomic E-state index is 0.138. The fourth-order valence-corrected chi connectivity index (χ4v) is 2.46. The lowest BCUT2D eigenvalue weighted by molar-refractivity contribution is 0.0566. The Morgan fingerprint density at radius 1 is 0.870 bits per heavy atom. The largest absolute Gasteiger partial charge is 0.465 e. The summed E-state index contributed by atoms with van der Waals surface area (Å²) in [6.45, 7) is 0. The van der Waals surface area contributed by atoms with E-state index in [0.717, 1.165) is 10.9 Å². The van der Waals surface area contributed by atoms with Crippen LogP contribution in [0.25, 0.3) is 22.1 Å². The number of carbonyl (C=O) groups is 2. The van der Waals surface area contributed by atoms with E-state index in [2.05, 4.69) is 4.74 Å². The number of furan rings is 1. The molecule has 23 heavy (non-hydrogen) atoms. The first-order chi connectivity index (χ1) is 11.2. The maximum atomic E-state index is 12.0. The molecule has 0 amide bonds. The van der Waals surface area contributed by atoms with Crippen LogP contribution in [0, 0.1) is 0 Å². The zero-order chi connectivity index (χ0) is 16.4. The van der Waals surface area contributed by atoms with Gasteiger partial charge in [0, 0.05) is 10.9 Å². The van der Waals surface area contributed by atoms with E-state index in [-0.39, 0.29) is 5.76 Å². The van der Waals surface area contributed by atoms with E-state index in [4.69, 9.17) is 9.15 Å². The zero-order valence-corrected chi connectivity index (χ0v) is 12.7. The van der Waals surface area contributed by atoms with Crippen LogP contribution < -0.4 is 0 Å². The minimum Gasteiger partial charge on any atom is -0.465 e. The normalized spacial score (nSPS) is 10.5. The molecule has 5 heteroatoms. The Hall–Kier alpha value is -3.08. The summed E-state index contributed by atoms with van der Waals surface area (Å²) >= 11 is 0. The first kappa shape index (κ1) is 14.8. The molecule has 0 aliphatic rings. The number of hydrogen-bond acceptors (Lipinski definition) is 5. The van der Waals surface area contributed by atoms with Crippen molar-refractivity contribution in [1.29, 1.82) is 0 Å². The average molecular weight is 310 g/mol. The topological polar surface area (TPSA) is 65.7 Å². The van der Waals surface area contributed by atoms with Crippen LogP contribution in [0.3, 0.4) is 0 Å². The molecule has 3 rings (SSSR count). The smallest absolute Gasteiger partial charge is 0.374 e. The van der Waals surface area contributed by atoms with Crippen molar-refractivity contribution in [1.82, 2.24) is 0 Å². The predicted octanol–water partition coefficient (Wildman–Crippen LogP) is 3.67. The summed E-state index contributed by atoms with van der Waals surface area (Å²) in [6, 6.07) is 14.1. The van der Waals surface area contributed by atoms with Gasteiger partial charge in [0.2, 0.25) is 5.76 Å². The molecule has 2 aromatic carbocycles. The van der Waals surface area contributed by atoms with Gasteiger partial charge in [-0.3, -0.25) is 0 Å². The molecule has 0 aliphatic carbocycles. The van der Waals surface area contributed by atoms with Gasteiger partial charge in [-0.15, -0.1) is 0 Å². The van der Waals surface area contributed by atoms with Crippen LogP contribution in [0.2, 0.25) is 0 Å². The average Bonchev–Trinajstić information content (AvgIpc) is 3.00. The lowest BCUT2D eigenvalue weighted by Crippen LogP contribution is -2.02. The standard InChI is InChI=1S/C18H14O5/c1-21-17(19)12-9-7-11(8-10-12)15-13-5-3-4-6-14(13)23-16(15)18(20)22-2/h3-10H,1-2H3. The van der Waals surface area contributed by atoms with E-state index >= 15 is 0 Å². The maximum Gasteiger partial charge on any atom is 0.374 e. The minimum atomic E-state index is -0.548. The highest BCUT2D eigenvalue weighted by molar-refractivity contribution is 6.06. The van der Waals surface area contributed by atoms with Crippen molar-refractivity contribution < 1.29 is 23.5 Å². The fraction of sp³-hybridized carbons (Fsp3) is 0.111. The van der Waals surface area contributed by atoms with Gasteiger partial charge in [-0.1, -0.05) is 30.3 Å². The number of esters is 2. The lowest BCUT2D eigenvalue weighted by Gasteiger charge is -2.04. The number of carbonyl (C=O) groups excluding carboxylic acids is 2. The third-order valence-corrected chi connectivity index (χ3v) is 3.56. The highest BCUT2D eigenvalue weighted by Crippen LogP contribution is 2.35. The number of ether oxygens (including phenoxy) is 2. The van der Waals surface area contributed by atoms with Crippen LogP contribution in [-0.2, 0) is 9.47 Å². The molecular weight excluding hydrogens is 296 g/mol. The molecule has 0 unspecified atom stereocenters. The van der Waals surface area contributed by atoms with Crippen molar-refractivity contribution >= 4 is 22.9 Å². The van der Waals surface area contributed by atoms with Gasteiger partial charge < -0.3 is 13.9 Å². The highest BCUT2D eigenvalue weighted by atomic mass is 16.5. The molecule has 0 atom stereocenters. The summed E-state index contributed by atoms with van der Waals surface area (Å²) < 4.78 is 15.1. The molecule has 0 bridgehead atoms. The van der Waals surface area contributed by atoms with E-state index in [9.17, 15) is 9.59 Å². The zero-order valence-electron chi connectivity index (χ0n) is 12.7. The Balaban J connectivity index is 2.18. The number of para-hydroxylation sites is 1. The highest BCUT2D eigenvalue weighted by Gasteiger charge is 2.22. The molecule has 116 valence electrons. The SMILES string of the molecule is COC(=O)c1ccc(-c2c(C(=O)OC)oc3ccccc23)cc1. The summed E-state index contributed by atoms with van der Waals surface area (Å²) in [5.41, 5.74) is 2.43. The lowest BCUT2D eigenvalue weighted by atomic mass is 10.0. The third kappa shape index (κ3) is 2.57. The number of hydrogen-bond donors (Lipinski definition) is 0. The number of methoxy groups -OCH3 is 2. The maximum absolute atomic E-state index is 12.0. The van der Waals surface area contributed by atoms with Crippen LogP contribution in [0.15, 0.2) is 52.9 Å². The Kier molecular flexibility index (Phi) is 3.85. The number of rotatable bonds is 3. The number of fused-ring (bicyclic) bond motifs is 1. The van der Waals surface area contributed by atoms with Gasteiger partial charge in [-0.2, -0.15) is 0 Å². The van der Waals surface area contributed by atoms with Gasteiger partial charge in [0.05, 0.1) is 19.8 Å². The van der Waals surface area contributed by atoms with Gasteiger partial charge >= 0.3 is 11.9 Å². The molecule has 0 aliphatic heterocycles. The fourth-order valence-electron chi connectivity index (χ4n) is 2.46. The van der Waals surface area contributed by atoms with Gasteiger partial charge in [0.15, 0.2) is 0 Å². The molecule has 1 heterocycles. The van der Waals surface area contributed by atoms with Gasteiger partial charge in [-0.25, -0.2) is 9.59 Å². The molecule has 0 saturated heterocycles. The molecule has 0 N–H and O–H groups in total. The molecule has 0 saturated carbocycles. The Morgan fingerprint density at radius 2 is 1.52 bits per heavy atom. The van der Waals surface area contributed by atoms with Crippen LogP contribution in [-0.4, -0.2) is 26.2 Å². The molecule has 0 radical (unpaired) electrons. The van der Waals surface area contributed by atoms with Crippen molar-refractivity contribution in [3.8, 4) is 11.1 Å². The second kappa shape index (κ2) is 5.96. The van der Waals surface area contributed by atoms with Crippen molar-refractivity contribution in [3.63, 3.8) is 0 Å². The molecular formula is C18H14O5. The molecule has 1 aromatic heterocycles. The van der Waals surface area contributed by atoms with Crippen LogP contribution >= 0.6 is 0 Å². The van der Waals surface area contributed by atoms with Gasteiger partial charge in [0.1, 0.15) is 5.58 Å². The van der Waals surface area contributed by atoms with E-state index in [1.807, 2.05) is 18.2 Å². The monoisotopic (exact) mass is 310 g/mol. The van der Waals surface area contributed by atoms with Gasteiger partial charge in [-0.05, 0) is 23.8 Å². The molecule has 3 aromatic rings. The van der Waals surface area contributed by atoms with Crippen molar-refractivity contribution in [3.05, 3.63) is 59.9 Å². The van der Waals surface area contributed by atoms with Crippen LogP contribution in [0.5, 0.6) is 0 Å². The second-order valence-corrected chi connectivity index (χ2v) is 4.86. The predicted molar refractivity (Wildman–Crippen MR) is 84.3 cm³/mol. The van der Waals surface area contributed by atoms with Crippen molar-refractivity contribution in [2.75, 3.05) is 14.2 Å². The molecule has 0 spiro atoms. The quantitative estimate of drug-likeness (QED) is 0.690. The van der Waals surface area contributed by atoms with Crippen LogP contribution in [0.1, 0.15) is 20.9 Å². The first-order valence-electron chi connectivity index (χ1n) is 6.94. The van der Waals surface area contributed by atoms with E-state index in [1.165, 1.54) is 14.2 Å². The summed E-state index contributed by atoms with van der Waals surface area (Å²) in [5, 5.41) is 0.804. The number of benzene rings is 2. The Morgan fingerprint density at radius 3 is 2.17 bits per heavy atom. The summed E-state index contributed by atoms with van der Waals surface area (Å²) in [7, 11) is 2.63. The summed E-state index contributed by atoms with van der Waals surface area (Å²) in [5.74, 6) is -0.824. The Bertz CT molecular complexity index is 874. The van der Waals surface area contributed by atoms with Crippen molar-refractivity contribution in [2.45, 2.75) is 0 Å². The Labute approximate surface area is 132 Å². The van der Waals surface area contributed by atoms with Crippen LogP contribution in [0.4, 0.5) is 0 Å². The van der Waals surface area contributed by atoms with Crippen molar-refractivity contribution in [2.24, 2.45) is 0 Å². The second-order valence-electron chi connectivity index (χ2n) is 4.86. The van der Waals surface area contributed by atoms with E-state index in [0.29, 0.717) is 16.7 Å². The van der Waals surface area contributed by atoms with E-state index in [1.54, 1.807) is 30.3 Å². The summed E-state index contributed by atoms with van der Waals surface area (Å²) in [4.78, 5) is 23.5. The third-order valence-electron chi connectivity index (χ3n) is 3.56.